The second-order valence-corrected chi connectivity index (χ2v) is 6.62. The molecule has 0 aliphatic carbocycles. The molecule has 2 amide bonds. The molecule has 0 radical (unpaired) electrons. The molecule has 144 valence electrons. The Balaban J connectivity index is 1.82. The molecule has 0 saturated carbocycles. The Hall–Kier alpha value is -3.19. The Morgan fingerprint density at radius 2 is 1.75 bits per heavy atom. The van der Waals surface area contributed by atoms with Crippen molar-refractivity contribution in [1.82, 2.24) is 10.6 Å². The Morgan fingerprint density at radius 1 is 1.00 bits per heavy atom. The Bertz CT molecular complexity index is 947. The minimum atomic E-state index is -0.536. The average Bonchev–Trinajstić information content (AvgIpc) is 2.64. The minimum absolute atomic E-state index is 0.00190. The van der Waals surface area contributed by atoms with Gasteiger partial charge in [-0.1, -0.05) is 35.9 Å². The first-order valence-corrected chi connectivity index (χ1v) is 9.20. The van der Waals surface area contributed by atoms with E-state index >= 15 is 0 Å². The van der Waals surface area contributed by atoms with E-state index in [1.165, 1.54) is 6.08 Å². The van der Waals surface area contributed by atoms with Crippen LogP contribution in [0.5, 0.6) is 11.5 Å². The smallest absolute Gasteiger partial charge is 0.263 e. The van der Waals surface area contributed by atoms with Gasteiger partial charge in [0.25, 0.3) is 11.8 Å². The van der Waals surface area contributed by atoms with Crippen LogP contribution in [0.3, 0.4) is 0 Å². The van der Waals surface area contributed by atoms with Crippen LogP contribution in [0.1, 0.15) is 23.6 Å². The lowest BCUT2D eigenvalue weighted by atomic mass is 10.1. The first kappa shape index (κ1) is 19.6. The highest BCUT2D eigenvalue weighted by Crippen LogP contribution is 2.30. The summed E-state index contributed by atoms with van der Waals surface area (Å²) < 4.78 is 11.6. The van der Waals surface area contributed by atoms with Gasteiger partial charge in [0, 0.05) is 0 Å². The van der Waals surface area contributed by atoms with E-state index in [0.717, 1.165) is 11.1 Å². The van der Waals surface area contributed by atoms with Gasteiger partial charge in [0.15, 0.2) is 16.6 Å². The molecule has 2 aromatic rings. The fourth-order valence-corrected chi connectivity index (χ4v) is 2.92. The van der Waals surface area contributed by atoms with Gasteiger partial charge >= 0.3 is 0 Å². The summed E-state index contributed by atoms with van der Waals surface area (Å²) in [5, 5.41) is 4.82. The lowest BCUT2D eigenvalue weighted by Gasteiger charge is -2.17. The number of hydrogen-bond acceptors (Lipinski definition) is 5. The van der Waals surface area contributed by atoms with Crippen LogP contribution in [-0.2, 0) is 16.2 Å². The van der Waals surface area contributed by atoms with E-state index < -0.39 is 11.8 Å². The molecular formula is C21H20N2O4S. The van der Waals surface area contributed by atoms with Crippen molar-refractivity contribution >= 4 is 35.2 Å². The number of ether oxygens (including phenoxy) is 2. The maximum Gasteiger partial charge on any atom is 0.263 e. The van der Waals surface area contributed by atoms with Crippen LogP contribution in [0.2, 0.25) is 0 Å². The molecule has 1 aliphatic rings. The number of aryl methyl sites for hydroxylation is 1. The van der Waals surface area contributed by atoms with Crippen molar-refractivity contribution in [3.63, 3.8) is 0 Å². The van der Waals surface area contributed by atoms with E-state index in [2.05, 4.69) is 16.7 Å². The van der Waals surface area contributed by atoms with E-state index in [9.17, 15) is 9.59 Å². The molecule has 1 fully saturated rings. The molecule has 2 N–H and O–H groups in total. The van der Waals surface area contributed by atoms with Crippen LogP contribution in [0.4, 0.5) is 0 Å². The SMILES string of the molecule is CCOc1cc(C=C2C(=O)NC(=S)NC2=O)ccc1OCc1cccc(C)c1. The Labute approximate surface area is 168 Å². The molecule has 0 aromatic heterocycles. The number of benzene rings is 2. The third-order valence-corrected chi connectivity index (χ3v) is 4.20. The van der Waals surface area contributed by atoms with Crippen LogP contribution in [0.15, 0.2) is 48.0 Å². The number of amides is 2. The highest BCUT2D eigenvalue weighted by Gasteiger charge is 2.25. The van der Waals surface area contributed by atoms with Crippen LogP contribution >= 0.6 is 12.2 Å². The number of rotatable bonds is 6. The number of thiocarbonyl (C=S) groups is 1. The van der Waals surface area contributed by atoms with Crippen LogP contribution in [-0.4, -0.2) is 23.5 Å². The van der Waals surface area contributed by atoms with E-state index in [0.29, 0.717) is 30.3 Å². The van der Waals surface area contributed by atoms with Gasteiger partial charge in [-0.25, -0.2) is 0 Å². The van der Waals surface area contributed by atoms with Crippen LogP contribution in [0.25, 0.3) is 6.08 Å². The standard InChI is InChI=1S/C21H20N2O4S/c1-3-26-18-11-14(10-16-19(24)22-21(28)23-20(16)25)7-8-17(18)27-12-15-6-4-5-13(2)9-15/h4-11H,3,12H2,1-2H3,(H2,22,23,24,25,28). The van der Waals surface area contributed by atoms with Crippen LogP contribution in [0, 0.1) is 6.92 Å². The van der Waals surface area contributed by atoms with Gasteiger partial charge in [-0.2, -0.15) is 0 Å². The molecule has 2 aromatic carbocycles. The molecule has 0 spiro atoms. The summed E-state index contributed by atoms with van der Waals surface area (Å²) in [5.41, 5.74) is 2.83. The zero-order valence-electron chi connectivity index (χ0n) is 15.6. The van der Waals surface area contributed by atoms with Gasteiger partial charge in [-0.3, -0.25) is 20.2 Å². The molecule has 0 bridgehead atoms. The largest absolute Gasteiger partial charge is 0.490 e. The summed E-state index contributed by atoms with van der Waals surface area (Å²) in [6, 6.07) is 13.3. The highest BCUT2D eigenvalue weighted by atomic mass is 32.1. The van der Waals surface area contributed by atoms with E-state index in [1.54, 1.807) is 18.2 Å². The monoisotopic (exact) mass is 396 g/mol. The molecule has 3 rings (SSSR count). The fraction of sp³-hybridized carbons (Fsp3) is 0.190. The van der Waals surface area contributed by atoms with Gasteiger partial charge in [0.05, 0.1) is 6.61 Å². The van der Waals surface area contributed by atoms with E-state index in [4.69, 9.17) is 21.7 Å². The first-order chi connectivity index (χ1) is 13.5. The van der Waals surface area contributed by atoms with Crippen molar-refractivity contribution in [2.75, 3.05) is 6.61 Å². The third-order valence-electron chi connectivity index (χ3n) is 4.00. The second kappa shape index (κ2) is 8.67. The molecule has 1 heterocycles. The number of carbonyl (C=O) groups is 2. The molecule has 6 nitrogen and oxygen atoms in total. The van der Waals surface area contributed by atoms with Crippen LogP contribution < -0.4 is 20.1 Å². The molecule has 1 saturated heterocycles. The fourth-order valence-electron chi connectivity index (χ4n) is 2.74. The van der Waals surface area contributed by atoms with Gasteiger partial charge in [-0.05, 0) is 55.4 Å². The van der Waals surface area contributed by atoms with Gasteiger partial charge < -0.3 is 9.47 Å². The summed E-state index contributed by atoms with van der Waals surface area (Å²) >= 11 is 4.80. The number of carbonyl (C=O) groups excluding carboxylic acids is 2. The molecular weight excluding hydrogens is 376 g/mol. The summed E-state index contributed by atoms with van der Waals surface area (Å²) in [5.74, 6) is 0.0545. The average molecular weight is 396 g/mol. The first-order valence-electron chi connectivity index (χ1n) is 8.80. The van der Waals surface area contributed by atoms with Crippen molar-refractivity contribution in [1.29, 1.82) is 0 Å². The van der Waals surface area contributed by atoms with E-state index in [-0.39, 0.29) is 10.7 Å². The molecule has 7 heteroatoms. The van der Waals surface area contributed by atoms with Crippen molar-refractivity contribution in [3.05, 3.63) is 64.7 Å². The van der Waals surface area contributed by atoms with Gasteiger partial charge in [0.1, 0.15) is 12.2 Å². The van der Waals surface area contributed by atoms with Crippen molar-refractivity contribution in [3.8, 4) is 11.5 Å². The zero-order valence-corrected chi connectivity index (χ0v) is 16.4. The lowest BCUT2D eigenvalue weighted by molar-refractivity contribution is -0.123. The van der Waals surface area contributed by atoms with Crippen molar-refractivity contribution in [2.45, 2.75) is 20.5 Å². The minimum Gasteiger partial charge on any atom is -0.490 e. The maximum atomic E-state index is 12.0. The predicted molar refractivity (Wildman–Crippen MR) is 110 cm³/mol. The molecule has 28 heavy (non-hydrogen) atoms. The molecule has 0 unspecified atom stereocenters. The third kappa shape index (κ3) is 4.75. The van der Waals surface area contributed by atoms with Crippen molar-refractivity contribution in [2.24, 2.45) is 0 Å². The van der Waals surface area contributed by atoms with Gasteiger partial charge in [-0.15, -0.1) is 0 Å². The zero-order chi connectivity index (χ0) is 20.1. The molecule has 0 atom stereocenters. The number of hydrogen-bond donors (Lipinski definition) is 2. The van der Waals surface area contributed by atoms with E-state index in [1.807, 2.05) is 32.0 Å². The molecule has 1 aliphatic heterocycles. The Morgan fingerprint density at radius 3 is 2.43 bits per heavy atom. The topological polar surface area (TPSA) is 76.7 Å². The number of nitrogens with one attached hydrogen (secondary N) is 2. The summed E-state index contributed by atoms with van der Waals surface area (Å²) in [6.45, 7) is 4.76. The quantitative estimate of drug-likeness (QED) is 0.446. The normalized spacial score (nSPS) is 13.6. The van der Waals surface area contributed by atoms with Gasteiger partial charge in [0.2, 0.25) is 0 Å². The predicted octanol–water partition coefficient (Wildman–Crippen LogP) is 2.89. The Kier molecular flexibility index (Phi) is 6.06. The maximum absolute atomic E-state index is 12.0. The summed E-state index contributed by atoms with van der Waals surface area (Å²) in [6.07, 6.45) is 1.49. The second-order valence-electron chi connectivity index (χ2n) is 6.21. The highest BCUT2D eigenvalue weighted by molar-refractivity contribution is 7.80. The van der Waals surface area contributed by atoms with Crippen molar-refractivity contribution < 1.29 is 19.1 Å². The lowest BCUT2D eigenvalue weighted by Crippen LogP contribution is -2.51. The summed E-state index contributed by atoms with van der Waals surface area (Å²) in [7, 11) is 0. The summed E-state index contributed by atoms with van der Waals surface area (Å²) in [4.78, 5) is 24.0.